The third-order valence-electron chi connectivity index (χ3n) is 4.14. The Bertz CT molecular complexity index is 541. The lowest BCUT2D eigenvalue weighted by atomic mass is 9.85. The summed E-state index contributed by atoms with van der Waals surface area (Å²) in [6.07, 6.45) is 3.51. The molecule has 1 aliphatic rings. The van der Waals surface area contributed by atoms with Gasteiger partial charge >= 0.3 is 0 Å². The van der Waals surface area contributed by atoms with Gasteiger partial charge in [0.25, 0.3) is 5.91 Å². The van der Waals surface area contributed by atoms with Crippen LogP contribution in [0.2, 0.25) is 0 Å². The van der Waals surface area contributed by atoms with Crippen molar-refractivity contribution in [2.75, 3.05) is 6.54 Å². The summed E-state index contributed by atoms with van der Waals surface area (Å²) < 4.78 is 13.6. The maximum absolute atomic E-state index is 13.6. The number of hydrogen-bond donors (Lipinski definition) is 2. The van der Waals surface area contributed by atoms with Crippen molar-refractivity contribution in [1.82, 2.24) is 10.6 Å². The van der Waals surface area contributed by atoms with Gasteiger partial charge in [-0.25, -0.2) is 4.39 Å². The lowest BCUT2D eigenvalue weighted by molar-refractivity contribution is -0.124. The van der Waals surface area contributed by atoms with E-state index < -0.39 is 17.8 Å². The number of rotatable bonds is 6. The first kappa shape index (κ1) is 16.5. The summed E-state index contributed by atoms with van der Waals surface area (Å²) in [4.78, 5) is 24.4. The summed E-state index contributed by atoms with van der Waals surface area (Å²) in [5, 5.41) is 5.53. The zero-order chi connectivity index (χ0) is 16.1. The highest BCUT2D eigenvalue weighted by Crippen LogP contribution is 2.25. The molecule has 2 rings (SSSR count). The van der Waals surface area contributed by atoms with E-state index >= 15 is 0 Å². The monoisotopic (exact) mass is 306 g/mol. The van der Waals surface area contributed by atoms with E-state index in [1.807, 2.05) is 13.8 Å². The number of benzene rings is 1. The average Bonchev–Trinajstić information content (AvgIpc) is 2.42. The second-order valence-electron chi connectivity index (χ2n) is 6.22. The molecule has 0 aromatic heterocycles. The predicted octanol–water partition coefficient (Wildman–Crippen LogP) is 2.50. The average molecular weight is 306 g/mol. The molecule has 1 aromatic carbocycles. The van der Waals surface area contributed by atoms with Crippen molar-refractivity contribution in [3.05, 3.63) is 35.6 Å². The highest BCUT2D eigenvalue weighted by atomic mass is 19.1. The molecule has 1 atom stereocenters. The highest BCUT2D eigenvalue weighted by Gasteiger charge is 2.26. The van der Waals surface area contributed by atoms with Gasteiger partial charge in [0, 0.05) is 6.54 Å². The predicted molar refractivity (Wildman–Crippen MR) is 82.8 cm³/mol. The maximum atomic E-state index is 13.6. The van der Waals surface area contributed by atoms with Crippen LogP contribution in [0.25, 0.3) is 0 Å². The maximum Gasteiger partial charge on any atom is 0.254 e. The zero-order valence-electron chi connectivity index (χ0n) is 13.1. The summed E-state index contributed by atoms with van der Waals surface area (Å²) in [6.45, 7) is 4.36. The Labute approximate surface area is 130 Å². The van der Waals surface area contributed by atoms with Gasteiger partial charge in [0.2, 0.25) is 5.91 Å². The van der Waals surface area contributed by atoms with Crippen LogP contribution in [-0.4, -0.2) is 24.4 Å². The van der Waals surface area contributed by atoms with Gasteiger partial charge in [-0.2, -0.15) is 0 Å². The fourth-order valence-corrected chi connectivity index (χ4v) is 2.45. The Kier molecular flexibility index (Phi) is 5.52. The van der Waals surface area contributed by atoms with Crippen LogP contribution in [0.5, 0.6) is 0 Å². The molecule has 1 fully saturated rings. The van der Waals surface area contributed by atoms with Crippen molar-refractivity contribution in [3.8, 4) is 0 Å². The Balaban J connectivity index is 1.97. The molecule has 1 aliphatic carbocycles. The summed E-state index contributed by atoms with van der Waals surface area (Å²) in [7, 11) is 0. The van der Waals surface area contributed by atoms with E-state index in [2.05, 4.69) is 10.6 Å². The molecule has 22 heavy (non-hydrogen) atoms. The quantitative estimate of drug-likeness (QED) is 0.848. The third-order valence-corrected chi connectivity index (χ3v) is 4.14. The van der Waals surface area contributed by atoms with E-state index in [0.29, 0.717) is 12.5 Å². The van der Waals surface area contributed by atoms with Crippen molar-refractivity contribution >= 4 is 11.8 Å². The molecular weight excluding hydrogens is 283 g/mol. The highest BCUT2D eigenvalue weighted by molar-refractivity contribution is 5.97. The Hall–Kier alpha value is -1.91. The van der Waals surface area contributed by atoms with E-state index in [0.717, 1.165) is 12.8 Å². The SMILES string of the molecule is CC(C)[C@@H](NC(=O)c1ccccc1F)C(=O)NCC1CCC1. The molecule has 1 saturated carbocycles. The van der Waals surface area contributed by atoms with Gasteiger partial charge in [0.1, 0.15) is 11.9 Å². The molecule has 0 radical (unpaired) electrons. The molecule has 0 saturated heterocycles. The van der Waals surface area contributed by atoms with Gasteiger partial charge in [-0.15, -0.1) is 0 Å². The van der Waals surface area contributed by atoms with Gasteiger partial charge < -0.3 is 10.6 Å². The molecule has 2 N–H and O–H groups in total. The van der Waals surface area contributed by atoms with E-state index in [-0.39, 0.29) is 17.4 Å². The van der Waals surface area contributed by atoms with Crippen LogP contribution in [-0.2, 0) is 4.79 Å². The summed E-state index contributed by atoms with van der Waals surface area (Å²) in [6, 6.07) is 5.10. The van der Waals surface area contributed by atoms with E-state index in [1.165, 1.54) is 24.6 Å². The second-order valence-corrected chi connectivity index (χ2v) is 6.22. The fraction of sp³-hybridized carbons (Fsp3) is 0.529. The summed E-state index contributed by atoms with van der Waals surface area (Å²) >= 11 is 0. The van der Waals surface area contributed by atoms with Crippen molar-refractivity contribution < 1.29 is 14.0 Å². The number of nitrogens with one attached hydrogen (secondary N) is 2. The van der Waals surface area contributed by atoms with Crippen molar-refractivity contribution in [2.45, 2.75) is 39.2 Å². The molecule has 0 bridgehead atoms. The van der Waals surface area contributed by atoms with E-state index in [1.54, 1.807) is 6.07 Å². The largest absolute Gasteiger partial charge is 0.354 e. The minimum Gasteiger partial charge on any atom is -0.354 e. The molecule has 1 aromatic rings. The molecular formula is C17H23FN2O2. The molecule has 5 heteroatoms. The molecule has 4 nitrogen and oxygen atoms in total. The van der Waals surface area contributed by atoms with Crippen LogP contribution >= 0.6 is 0 Å². The van der Waals surface area contributed by atoms with Gasteiger partial charge in [-0.3, -0.25) is 9.59 Å². The Morgan fingerprint density at radius 2 is 1.95 bits per heavy atom. The fourth-order valence-electron chi connectivity index (χ4n) is 2.45. The van der Waals surface area contributed by atoms with E-state index in [9.17, 15) is 14.0 Å². The van der Waals surface area contributed by atoms with Crippen LogP contribution in [0.1, 0.15) is 43.5 Å². The molecule has 0 spiro atoms. The first-order valence-corrected chi connectivity index (χ1v) is 7.82. The lowest BCUT2D eigenvalue weighted by Gasteiger charge is -2.27. The molecule has 2 amide bonds. The van der Waals surface area contributed by atoms with Gasteiger partial charge in [-0.05, 0) is 36.8 Å². The Morgan fingerprint density at radius 1 is 1.27 bits per heavy atom. The van der Waals surface area contributed by atoms with Crippen molar-refractivity contribution in [2.24, 2.45) is 11.8 Å². The van der Waals surface area contributed by atoms with E-state index in [4.69, 9.17) is 0 Å². The number of carbonyl (C=O) groups is 2. The Morgan fingerprint density at radius 3 is 2.50 bits per heavy atom. The standard InChI is InChI=1S/C17H23FN2O2/c1-11(2)15(17(22)19-10-12-6-5-7-12)20-16(21)13-8-3-4-9-14(13)18/h3-4,8-9,11-12,15H,5-7,10H2,1-2H3,(H,19,22)(H,20,21)/t15-/m1/s1. The molecule has 0 unspecified atom stereocenters. The van der Waals surface area contributed by atoms with Crippen LogP contribution in [0.3, 0.4) is 0 Å². The minimum atomic E-state index is -0.660. The first-order valence-electron chi connectivity index (χ1n) is 7.82. The normalized spacial score (nSPS) is 16.0. The zero-order valence-corrected chi connectivity index (χ0v) is 13.1. The van der Waals surface area contributed by atoms with Crippen LogP contribution < -0.4 is 10.6 Å². The van der Waals surface area contributed by atoms with Gasteiger partial charge in [-0.1, -0.05) is 32.4 Å². The summed E-state index contributed by atoms with van der Waals surface area (Å²) in [5.74, 6) is -0.865. The van der Waals surface area contributed by atoms with Gasteiger partial charge in [0.05, 0.1) is 5.56 Å². The lowest BCUT2D eigenvalue weighted by Crippen LogP contribution is -2.51. The topological polar surface area (TPSA) is 58.2 Å². The van der Waals surface area contributed by atoms with Crippen LogP contribution in [0, 0.1) is 17.7 Å². The van der Waals surface area contributed by atoms with Crippen LogP contribution in [0.15, 0.2) is 24.3 Å². The molecule has 120 valence electrons. The van der Waals surface area contributed by atoms with Crippen molar-refractivity contribution in [1.29, 1.82) is 0 Å². The van der Waals surface area contributed by atoms with Crippen LogP contribution in [0.4, 0.5) is 4.39 Å². The first-order chi connectivity index (χ1) is 10.5. The number of hydrogen-bond acceptors (Lipinski definition) is 2. The number of carbonyl (C=O) groups excluding carboxylic acids is 2. The number of halogens is 1. The number of amides is 2. The minimum absolute atomic E-state index is 0.0417. The third kappa shape index (κ3) is 4.06. The molecule has 0 aliphatic heterocycles. The molecule has 0 heterocycles. The smallest absolute Gasteiger partial charge is 0.254 e. The van der Waals surface area contributed by atoms with Gasteiger partial charge in [0.15, 0.2) is 0 Å². The van der Waals surface area contributed by atoms with Crippen molar-refractivity contribution in [3.63, 3.8) is 0 Å². The summed E-state index contributed by atoms with van der Waals surface area (Å²) in [5.41, 5.74) is -0.0417. The second kappa shape index (κ2) is 7.38.